The van der Waals surface area contributed by atoms with E-state index < -0.39 is 0 Å². The van der Waals surface area contributed by atoms with Crippen LogP contribution in [-0.4, -0.2) is 18.7 Å². The molecule has 0 saturated heterocycles. The molecule has 0 spiro atoms. The first kappa shape index (κ1) is 15.3. The molecular formula is C17H20N4O2. The fourth-order valence-corrected chi connectivity index (χ4v) is 2.81. The van der Waals surface area contributed by atoms with Gasteiger partial charge in [0.05, 0.1) is 0 Å². The van der Waals surface area contributed by atoms with Crippen molar-refractivity contribution >= 4 is 11.2 Å². The van der Waals surface area contributed by atoms with Crippen molar-refractivity contribution in [2.75, 3.05) is 0 Å². The Morgan fingerprint density at radius 3 is 2.22 bits per heavy atom. The van der Waals surface area contributed by atoms with Crippen molar-refractivity contribution in [2.24, 2.45) is 14.1 Å². The fourth-order valence-electron chi connectivity index (χ4n) is 2.81. The Morgan fingerprint density at radius 2 is 1.61 bits per heavy atom. The number of imidazole rings is 1. The minimum Gasteiger partial charge on any atom is -0.318 e. The average molecular weight is 312 g/mol. The summed E-state index contributed by atoms with van der Waals surface area (Å²) in [4.78, 5) is 29.0. The minimum absolute atomic E-state index is 0.311. The SMILES string of the molecule is CCc1ccc(Cn2c(C)nc3c2c(=O)n(C)c(=O)n3C)cc1. The molecule has 0 bridgehead atoms. The van der Waals surface area contributed by atoms with Gasteiger partial charge < -0.3 is 4.57 Å². The Morgan fingerprint density at radius 1 is 1.00 bits per heavy atom. The lowest BCUT2D eigenvalue weighted by atomic mass is 10.1. The molecule has 0 aliphatic rings. The summed E-state index contributed by atoms with van der Waals surface area (Å²) in [5.41, 5.74) is 2.60. The maximum absolute atomic E-state index is 12.5. The zero-order valence-electron chi connectivity index (χ0n) is 13.8. The summed E-state index contributed by atoms with van der Waals surface area (Å²) in [7, 11) is 3.13. The molecule has 23 heavy (non-hydrogen) atoms. The number of benzene rings is 1. The van der Waals surface area contributed by atoms with Crippen LogP contribution in [0.25, 0.3) is 11.2 Å². The first-order valence-electron chi connectivity index (χ1n) is 7.64. The predicted octanol–water partition coefficient (Wildman–Crippen LogP) is 1.35. The summed E-state index contributed by atoms with van der Waals surface area (Å²) in [5.74, 6) is 0.720. The second-order valence-electron chi connectivity index (χ2n) is 5.79. The van der Waals surface area contributed by atoms with Crippen LogP contribution in [0, 0.1) is 6.92 Å². The van der Waals surface area contributed by atoms with E-state index in [-0.39, 0.29) is 11.2 Å². The van der Waals surface area contributed by atoms with E-state index >= 15 is 0 Å². The van der Waals surface area contributed by atoms with Crippen LogP contribution in [0.15, 0.2) is 33.9 Å². The topological polar surface area (TPSA) is 61.8 Å². The normalized spacial score (nSPS) is 11.3. The third-order valence-corrected chi connectivity index (χ3v) is 4.31. The standard InChI is InChI=1S/C17H20N4O2/c1-5-12-6-8-13(9-7-12)10-21-11(2)18-15-14(21)16(22)20(4)17(23)19(15)3/h6-9H,5,10H2,1-4H3. The van der Waals surface area contributed by atoms with Crippen molar-refractivity contribution < 1.29 is 0 Å². The molecule has 0 amide bonds. The van der Waals surface area contributed by atoms with Crippen LogP contribution in [0.3, 0.4) is 0 Å². The molecule has 2 aromatic heterocycles. The number of hydrogen-bond donors (Lipinski definition) is 0. The van der Waals surface area contributed by atoms with E-state index in [1.165, 1.54) is 17.2 Å². The van der Waals surface area contributed by atoms with Gasteiger partial charge in [-0.05, 0) is 24.5 Å². The second kappa shape index (κ2) is 5.53. The van der Waals surface area contributed by atoms with Gasteiger partial charge in [0.15, 0.2) is 11.2 Å². The monoisotopic (exact) mass is 312 g/mol. The van der Waals surface area contributed by atoms with Crippen molar-refractivity contribution in [3.8, 4) is 0 Å². The molecule has 0 atom stereocenters. The Balaban J connectivity index is 2.19. The van der Waals surface area contributed by atoms with E-state index in [2.05, 4.69) is 36.2 Å². The summed E-state index contributed by atoms with van der Waals surface area (Å²) in [6.07, 6.45) is 0.996. The maximum atomic E-state index is 12.5. The number of aromatic nitrogens is 4. The minimum atomic E-state index is -0.362. The van der Waals surface area contributed by atoms with Gasteiger partial charge in [0.2, 0.25) is 0 Å². The third kappa shape index (κ3) is 2.40. The van der Waals surface area contributed by atoms with E-state index in [0.29, 0.717) is 17.7 Å². The van der Waals surface area contributed by atoms with Gasteiger partial charge in [-0.1, -0.05) is 31.2 Å². The Kier molecular flexibility index (Phi) is 3.67. The molecule has 6 heteroatoms. The van der Waals surface area contributed by atoms with Gasteiger partial charge in [-0.15, -0.1) is 0 Å². The van der Waals surface area contributed by atoms with Crippen LogP contribution >= 0.6 is 0 Å². The average Bonchev–Trinajstić information content (AvgIpc) is 2.88. The van der Waals surface area contributed by atoms with E-state index in [1.807, 2.05) is 11.5 Å². The van der Waals surface area contributed by atoms with E-state index in [1.54, 1.807) is 7.05 Å². The van der Waals surface area contributed by atoms with Crippen LogP contribution in [-0.2, 0) is 27.1 Å². The number of nitrogens with zero attached hydrogens (tertiary/aromatic N) is 4. The van der Waals surface area contributed by atoms with Crippen LogP contribution in [0.4, 0.5) is 0 Å². The Bertz CT molecular complexity index is 991. The first-order chi connectivity index (χ1) is 10.9. The molecule has 120 valence electrons. The zero-order valence-corrected chi connectivity index (χ0v) is 13.8. The van der Waals surface area contributed by atoms with Crippen molar-refractivity contribution in [3.05, 3.63) is 62.1 Å². The van der Waals surface area contributed by atoms with Gasteiger partial charge in [-0.2, -0.15) is 0 Å². The lowest BCUT2D eigenvalue weighted by Gasteiger charge is -2.09. The summed E-state index contributed by atoms with van der Waals surface area (Å²) >= 11 is 0. The predicted molar refractivity (Wildman–Crippen MR) is 89.9 cm³/mol. The second-order valence-corrected chi connectivity index (χ2v) is 5.79. The maximum Gasteiger partial charge on any atom is 0.332 e. The molecule has 0 unspecified atom stereocenters. The summed E-state index contributed by atoms with van der Waals surface area (Å²) in [6.45, 7) is 4.52. The Labute approximate surface area is 133 Å². The van der Waals surface area contributed by atoms with E-state index in [9.17, 15) is 9.59 Å². The molecule has 0 aliphatic carbocycles. The van der Waals surface area contributed by atoms with Gasteiger partial charge in [-0.25, -0.2) is 9.78 Å². The molecule has 3 aromatic rings. The quantitative estimate of drug-likeness (QED) is 0.733. The van der Waals surface area contributed by atoms with Crippen molar-refractivity contribution in [1.82, 2.24) is 18.7 Å². The number of hydrogen-bond acceptors (Lipinski definition) is 3. The van der Waals surface area contributed by atoms with Crippen LogP contribution in [0.5, 0.6) is 0 Å². The highest BCUT2D eigenvalue weighted by molar-refractivity contribution is 5.71. The highest BCUT2D eigenvalue weighted by Crippen LogP contribution is 2.14. The third-order valence-electron chi connectivity index (χ3n) is 4.31. The molecule has 6 nitrogen and oxygen atoms in total. The molecular weight excluding hydrogens is 292 g/mol. The van der Waals surface area contributed by atoms with Crippen LogP contribution in [0.1, 0.15) is 23.9 Å². The Hall–Kier alpha value is -2.63. The van der Waals surface area contributed by atoms with Crippen LogP contribution < -0.4 is 11.2 Å². The smallest absolute Gasteiger partial charge is 0.318 e. The van der Waals surface area contributed by atoms with Crippen LogP contribution in [0.2, 0.25) is 0 Å². The number of fused-ring (bicyclic) bond motifs is 1. The molecule has 0 fully saturated rings. The highest BCUT2D eigenvalue weighted by atomic mass is 16.2. The largest absolute Gasteiger partial charge is 0.332 e. The summed E-state index contributed by atoms with van der Waals surface area (Å²) in [6, 6.07) is 8.32. The van der Waals surface area contributed by atoms with Gasteiger partial charge >= 0.3 is 5.69 Å². The highest BCUT2D eigenvalue weighted by Gasteiger charge is 2.17. The van der Waals surface area contributed by atoms with Gasteiger partial charge in [0.25, 0.3) is 5.56 Å². The lowest BCUT2D eigenvalue weighted by molar-refractivity contribution is 0.701. The van der Waals surface area contributed by atoms with E-state index in [0.717, 1.165) is 22.4 Å². The fraction of sp³-hybridized carbons (Fsp3) is 0.353. The lowest BCUT2D eigenvalue weighted by Crippen LogP contribution is -2.37. The molecule has 0 radical (unpaired) electrons. The zero-order chi connectivity index (χ0) is 16.7. The molecule has 1 aromatic carbocycles. The van der Waals surface area contributed by atoms with Crippen molar-refractivity contribution in [1.29, 1.82) is 0 Å². The number of rotatable bonds is 3. The van der Waals surface area contributed by atoms with Gasteiger partial charge in [-0.3, -0.25) is 13.9 Å². The number of aryl methyl sites for hydroxylation is 3. The summed E-state index contributed by atoms with van der Waals surface area (Å²) < 4.78 is 4.42. The summed E-state index contributed by atoms with van der Waals surface area (Å²) in [5, 5.41) is 0. The molecule has 3 rings (SSSR count). The van der Waals surface area contributed by atoms with Gasteiger partial charge in [0, 0.05) is 20.6 Å². The van der Waals surface area contributed by atoms with Gasteiger partial charge in [0.1, 0.15) is 5.82 Å². The molecule has 0 saturated carbocycles. The first-order valence-corrected chi connectivity index (χ1v) is 7.64. The van der Waals surface area contributed by atoms with E-state index in [4.69, 9.17) is 0 Å². The molecule has 2 heterocycles. The van der Waals surface area contributed by atoms with Crippen molar-refractivity contribution in [3.63, 3.8) is 0 Å². The molecule has 0 aliphatic heterocycles. The van der Waals surface area contributed by atoms with Crippen molar-refractivity contribution in [2.45, 2.75) is 26.8 Å². The molecule has 0 N–H and O–H groups in total.